The van der Waals surface area contributed by atoms with Gasteiger partial charge in [0, 0.05) is 119 Å². The average molecular weight is 1070 g/mol. The summed E-state index contributed by atoms with van der Waals surface area (Å²) in [6, 6.07) is 38.5. The SMILES string of the molecule is CN(C)CCNC(=O)c1ccc(-c2c3nc(c(-c4ccc(C(=O)NCCN(C)C)cc4)c4ccc([nH]4)c(-c4ccc(C(=O)NCCN(C)C)cc4)c4ccc([nH]4)c(-c4ccc(C(=O)NCCN(C)C)cc4)c4nc2C=C4)C=C3)cc1. The molecule has 9 rings (SSSR count). The fourth-order valence-electron chi connectivity index (χ4n) is 9.55. The Balaban J connectivity index is 1.28. The summed E-state index contributed by atoms with van der Waals surface area (Å²) in [5, 5.41) is 12.1. The van der Waals surface area contributed by atoms with Gasteiger partial charge in [-0.05, 0) is 176 Å². The van der Waals surface area contributed by atoms with Crippen LogP contribution in [-0.4, -0.2) is 172 Å². The molecule has 0 saturated carbocycles. The summed E-state index contributed by atoms with van der Waals surface area (Å²) in [6.07, 6.45) is 7.99. The van der Waals surface area contributed by atoms with Crippen molar-refractivity contribution in [2.75, 3.05) is 109 Å². The van der Waals surface area contributed by atoms with E-state index in [4.69, 9.17) is 9.97 Å². The predicted molar refractivity (Wildman–Crippen MR) is 324 cm³/mol. The summed E-state index contributed by atoms with van der Waals surface area (Å²) < 4.78 is 0. The highest BCUT2D eigenvalue weighted by atomic mass is 16.2. The van der Waals surface area contributed by atoms with Gasteiger partial charge >= 0.3 is 0 Å². The van der Waals surface area contributed by atoms with E-state index in [1.54, 1.807) is 0 Å². The van der Waals surface area contributed by atoms with E-state index in [-0.39, 0.29) is 23.6 Å². The molecule has 5 heterocycles. The lowest BCUT2D eigenvalue weighted by Crippen LogP contribution is -2.31. The van der Waals surface area contributed by atoms with Gasteiger partial charge in [0.25, 0.3) is 23.6 Å². The van der Waals surface area contributed by atoms with E-state index in [1.807, 2.05) is 209 Å². The molecule has 2 aliphatic heterocycles. The first-order valence-electron chi connectivity index (χ1n) is 26.9. The van der Waals surface area contributed by atoms with E-state index in [0.29, 0.717) is 97.4 Å². The minimum Gasteiger partial charge on any atom is -0.354 e. The van der Waals surface area contributed by atoms with E-state index in [1.165, 1.54) is 0 Å². The largest absolute Gasteiger partial charge is 0.354 e. The standard InChI is InChI=1S/C64H70N12O4/c1-73(2)37-33-65-61(77)45-17-9-41(10-18-45)57-49-25-27-51(69-49)58(42-11-19-46(20-12-42)62(78)66-34-38-74(3)4)53-29-31-55(71-53)60(44-15-23-48(24-16-44)64(80)68-36-40-76(7)8)56-32-30-54(72-56)59(52-28-26-50(57)70-52)43-13-21-47(22-14-43)63(79)67-35-39-75(5)6/h9-32,69-70H,33-40H2,1-8H3,(H,65,77)(H,66,78)(H,67,79)(H,68,80). The van der Waals surface area contributed by atoms with Crippen molar-refractivity contribution >= 4 is 70.0 Å². The van der Waals surface area contributed by atoms with Gasteiger partial charge < -0.3 is 50.8 Å². The van der Waals surface area contributed by atoms with Crippen LogP contribution in [0.1, 0.15) is 64.2 Å². The number of H-pyrrole nitrogens is 2. The molecule has 0 spiro atoms. The highest BCUT2D eigenvalue weighted by molar-refractivity contribution is 6.03. The third-order valence-electron chi connectivity index (χ3n) is 13.9. The summed E-state index contributed by atoms with van der Waals surface area (Å²) in [5.41, 5.74) is 14.5. The monoisotopic (exact) mass is 1070 g/mol. The second kappa shape index (κ2) is 25.3. The molecule has 80 heavy (non-hydrogen) atoms. The Bertz CT molecular complexity index is 3460. The van der Waals surface area contributed by atoms with Gasteiger partial charge in [0.05, 0.1) is 22.8 Å². The van der Waals surface area contributed by atoms with E-state index >= 15 is 0 Å². The maximum atomic E-state index is 13.3. The molecule has 8 bridgehead atoms. The van der Waals surface area contributed by atoms with Crippen LogP contribution in [0.2, 0.25) is 0 Å². The van der Waals surface area contributed by atoms with Crippen LogP contribution in [0.25, 0.3) is 90.9 Å². The molecule has 16 nitrogen and oxygen atoms in total. The molecule has 6 N–H and O–H groups in total. The molecule has 410 valence electrons. The molecule has 0 aliphatic carbocycles. The van der Waals surface area contributed by atoms with Crippen molar-refractivity contribution in [1.29, 1.82) is 0 Å². The molecule has 0 unspecified atom stereocenters. The van der Waals surface area contributed by atoms with Gasteiger partial charge in [-0.3, -0.25) is 19.2 Å². The number of nitrogens with one attached hydrogen (secondary N) is 6. The van der Waals surface area contributed by atoms with Crippen molar-refractivity contribution in [3.8, 4) is 44.5 Å². The van der Waals surface area contributed by atoms with Gasteiger partial charge in [-0.2, -0.15) is 0 Å². The summed E-state index contributed by atoms with van der Waals surface area (Å²) in [7, 11) is 15.8. The number of rotatable bonds is 20. The van der Waals surface area contributed by atoms with Crippen LogP contribution in [0.15, 0.2) is 121 Å². The second-order valence-corrected chi connectivity index (χ2v) is 21.0. The van der Waals surface area contributed by atoms with Crippen molar-refractivity contribution < 1.29 is 19.2 Å². The number of benzene rings is 4. The maximum Gasteiger partial charge on any atom is 0.251 e. The van der Waals surface area contributed by atoms with Crippen molar-refractivity contribution in [1.82, 2.24) is 60.8 Å². The fraction of sp³-hybridized carbons (Fsp3) is 0.250. The molecule has 4 amide bonds. The molecule has 16 heteroatoms. The first-order valence-corrected chi connectivity index (χ1v) is 26.9. The molecule has 0 radical (unpaired) electrons. The lowest BCUT2D eigenvalue weighted by Gasteiger charge is -2.11. The van der Waals surface area contributed by atoms with Crippen LogP contribution < -0.4 is 21.3 Å². The molecule has 0 fully saturated rings. The summed E-state index contributed by atoms with van der Waals surface area (Å²) in [5.74, 6) is -0.638. The van der Waals surface area contributed by atoms with Crippen molar-refractivity contribution in [2.45, 2.75) is 0 Å². The quantitative estimate of drug-likeness (QED) is 0.0433. The normalized spacial score (nSPS) is 11.9. The molecular weight excluding hydrogens is 1000 g/mol. The number of aromatic amines is 2. The van der Waals surface area contributed by atoms with Gasteiger partial charge in [-0.25, -0.2) is 9.97 Å². The maximum absolute atomic E-state index is 13.3. The van der Waals surface area contributed by atoms with E-state index in [2.05, 4.69) is 43.4 Å². The molecule has 7 aromatic rings. The number of amides is 4. The number of aromatic nitrogens is 4. The number of likely N-dealkylation sites (N-methyl/N-ethyl adjacent to an activating group) is 4. The van der Waals surface area contributed by atoms with Gasteiger partial charge in [-0.15, -0.1) is 0 Å². The zero-order valence-electron chi connectivity index (χ0n) is 46.8. The van der Waals surface area contributed by atoms with E-state index < -0.39 is 0 Å². The number of carbonyl (C=O) groups is 4. The topological polar surface area (TPSA) is 187 Å². The van der Waals surface area contributed by atoms with Crippen LogP contribution in [0.3, 0.4) is 0 Å². The van der Waals surface area contributed by atoms with Crippen LogP contribution in [0, 0.1) is 0 Å². The Morgan fingerprint density at radius 3 is 0.812 bits per heavy atom. The minimum atomic E-state index is -0.164. The van der Waals surface area contributed by atoms with Gasteiger partial charge in [-0.1, -0.05) is 48.5 Å². The number of hydrogen-bond donors (Lipinski definition) is 6. The molecule has 0 atom stereocenters. The van der Waals surface area contributed by atoms with Crippen LogP contribution >= 0.6 is 0 Å². The molecule has 4 aromatic carbocycles. The van der Waals surface area contributed by atoms with E-state index in [0.717, 1.165) is 66.6 Å². The number of carbonyl (C=O) groups excluding carboxylic acids is 4. The van der Waals surface area contributed by atoms with Gasteiger partial charge in [0.1, 0.15) is 0 Å². The Hall–Kier alpha value is -8.80. The highest BCUT2D eigenvalue weighted by Crippen LogP contribution is 2.39. The van der Waals surface area contributed by atoms with Gasteiger partial charge in [0.2, 0.25) is 0 Å². The highest BCUT2D eigenvalue weighted by Gasteiger charge is 2.21. The molecular formula is C64H70N12O4. The molecule has 0 saturated heterocycles. The van der Waals surface area contributed by atoms with Crippen molar-refractivity contribution in [3.05, 3.63) is 166 Å². The van der Waals surface area contributed by atoms with Crippen LogP contribution in [0.5, 0.6) is 0 Å². The zero-order valence-corrected chi connectivity index (χ0v) is 46.8. The van der Waals surface area contributed by atoms with Crippen LogP contribution in [-0.2, 0) is 0 Å². The smallest absolute Gasteiger partial charge is 0.251 e. The Kier molecular flexibility index (Phi) is 17.7. The number of fused-ring (bicyclic) bond motifs is 8. The Morgan fingerprint density at radius 1 is 0.325 bits per heavy atom. The molecule has 2 aliphatic rings. The first kappa shape index (κ1) is 55.9. The molecule has 3 aromatic heterocycles. The number of nitrogens with zero attached hydrogens (tertiary/aromatic N) is 6. The summed E-state index contributed by atoms with van der Waals surface area (Å²) in [4.78, 5) is 79.9. The average Bonchev–Trinajstić information content (AvgIpc) is 4.31. The second-order valence-electron chi connectivity index (χ2n) is 21.0. The summed E-state index contributed by atoms with van der Waals surface area (Å²) in [6.45, 7) is 4.91. The summed E-state index contributed by atoms with van der Waals surface area (Å²) >= 11 is 0. The Labute approximate surface area is 467 Å². The lowest BCUT2D eigenvalue weighted by molar-refractivity contribution is 0.0942. The van der Waals surface area contributed by atoms with E-state index in [9.17, 15) is 19.2 Å². The minimum absolute atomic E-state index is 0.155. The lowest BCUT2D eigenvalue weighted by atomic mass is 10.0. The predicted octanol–water partition coefficient (Wildman–Crippen LogP) is 8.49. The fourth-order valence-corrected chi connectivity index (χ4v) is 9.55. The zero-order chi connectivity index (χ0) is 56.5. The van der Waals surface area contributed by atoms with Crippen molar-refractivity contribution in [2.24, 2.45) is 0 Å². The number of hydrogen-bond acceptors (Lipinski definition) is 10. The van der Waals surface area contributed by atoms with Crippen molar-refractivity contribution in [3.63, 3.8) is 0 Å². The van der Waals surface area contributed by atoms with Crippen LogP contribution in [0.4, 0.5) is 0 Å². The Morgan fingerprint density at radius 2 is 0.550 bits per heavy atom. The third kappa shape index (κ3) is 13.4. The van der Waals surface area contributed by atoms with Gasteiger partial charge in [0.15, 0.2) is 0 Å². The first-order chi connectivity index (χ1) is 38.6. The third-order valence-corrected chi connectivity index (χ3v) is 13.9.